The van der Waals surface area contributed by atoms with Crippen molar-refractivity contribution in [3.8, 4) is 0 Å². The molecule has 0 saturated carbocycles. The van der Waals surface area contributed by atoms with E-state index in [-0.39, 0.29) is 17.8 Å². The smallest absolute Gasteiger partial charge is 0.305 e. The van der Waals surface area contributed by atoms with Crippen molar-refractivity contribution in [3.63, 3.8) is 0 Å². The molecule has 0 heterocycles. The Morgan fingerprint density at radius 3 is 1.78 bits per heavy atom. The molecule has 0 saturated heterocycles. The number of nitrogens with one attached hydrogen (secondary N) is 2. The molecule has 2 amide bonds. The van der Waals surface area contributed by atoms with Crippen molar-refractivity contribution in [2.24, 2.45) is 0 Å². The van der Waals surface area contributed by atoms with Crippen LogP contribution in [0.5, 0.6) is 0 Å². The molecule has 6 heteroatoms. The summed E-state index contributed by atoms with van der Waals surface area (Å²) in [7, 11) is 1.39. The Balaban J connectivity index is 3.31. The van der Waals surface area contributed by atoms with Gasteiger partial charge in [-0.3, -0.25) is 14.4 Å². The summed E-state index contributed by atoms with van der Waals surface area (Å²) in [6, 6.07) is 0. The lowest BCUT2D eigenvalue weighted by molar-refractivity contribution is -0.140. The number of carbonyl (C=O) groups excluding carboxylic acids is 3. The molecular weight excluding hydrogens is 296 g/mol. The first-order chi connectivity index (χ1) is 11.1. The maximum absolute atomic E-state index is 11.6. The van der Waals surface area contributed by atoms with Crippen molar-refractivity contribution < 1.29 is 19.1 Å². The van der Waals surface area contributed by atoms with Gasteiger partial charge in [0.25, 0.3) is 0 Å². The fraction of sp³-hybridized carbons (Fsp3) is 0.824. The summed E-state index contributed by atoms with van der Waals surface area (Å²) >= 11 is 0. The first-order valence-corrected chi connectivity index (χ1v) is 8.70. The number of hydrogen-bond acceptors (Lipinski definition) is 4. The summed E-state index contributed by atoms with van der Waals surface area (Å²) in [5, 5.41) is 5.75. The second kappa shape index (κ2) is 15.3. The maximum Gasteiger partial charge on any atom is 0.305 e. The fourth-order valence-corrected chi connectivity index (χ4v) is 2.12. The van der Waals surface area contributed by atoms with Crippen LogP contribution in [-0.4, -0.2) is 38.0 Å². The van der Waals surface area contributed by atoms with Gasteiger partial charge in [0.15, 0.2) is 0 Å². The highest BCUT2D eigenvalue weighted by Crippen LogP contribution is 2.02. The molecule has 134 valence electrons. The molecule has 23 heavy (non-hydrogen) atoms. The summed E-state index contributed by atoms with van der Waals surface area (Å²) in [4.78, 5) is 33.7. The van der Waals surface area contributed by atoms with Crippen LogP contribution in [0.1, 0.15) is 71.1 Å². The topological polar surface area (TPSA) is 84.5 Å². The third-order valence-electron chi connectivity index (χ3n) is 3.49. The fourth-order valence-electron chi connectivity index (χ4n) is 2.12. The highest BCUT2D eigenvalue weighted by atomic mass is 16.5. The monoisotopic (exact) mass is 328 g/mol. The molecule has 0 aliphatic heterocycles. The van der Waals surface area contributed by atoms with Crippen molar-refractivity contribution in [3.05, 3.63) is 0 Å². The largest absolute Gasteiger partial charge is 0.469 e. The van der Waals surface area contributed by atoms with Gasteiger partial charge in [-0.15, -0.1) is 0 Å². The van der Waals surface area contributed by atoms with Gasteiger partial charge in [-0.25, -0.2) is 0 Å². The summed E-state index contributed by atoms with van der Waals surface area (Å²) in [5.74, 6) is 0.00495. The minimum absolute atomic E-state index is 0.0768. The Morgan fingerprint density at radius 2 is 1.26 bits per heavy atom. The van der Waals surface area contributed by atoms with Crippen molar-refractivity contribution >= 4 is 17.8 Å². The number of carbonyl (C=O) groups is 3. The van der Waals surface area contributed by atoms with E-state index in [0.717, 1.165) is 44.9 Å². The van der Waals surface area contributed by atoms with Crippen LogP contribution in [0.25, 0.3) is 0 Å². The molecule has 6 nitrogen and oxygen atoms in total. The highest BCUT2D eigenvalue weighted by molar-refractivity contribution is 5.76. The van der Waals surface area contributed by atoms with E-state index < -0.39 is 0 Å². The van der Waals surface area contributed by atoms with Crippen LogP contribution < -0.4 is 10.6 Å². The molecule has 0 rings (SSSR count). The first kappa shape index (κ1) is 21.4. The van der Waals surface area contributed by atoms with Crippen LogP contribution in [0.2, 0.25) is 0 Å². The molecule has 0 fully saturated rings. The van der Waals surface area contributed by atoms with Crippen LogP contribution in [0.3, 0.4) is 0 Å². The lowest BCUT2D eigenvalue weighted by Crippen LogP contribution is -2.25. The summed E-state index contributed by atoms with van der Waals surface area (Å²) in [5.41, 5.74) is 0. The normalized spacial score (nSPS) is 10.2. The zero-order valence-electron chi connectivity index (χ0n) is 14.6. The minimum Gasteiger partial charge on any atom is -0.469 e. The number of methoxy groups -OCH3 is 1. The zero-order valence-corrected chi connectivity index (χ0v) is 14.6. The van der Waals surface area contributed by atoms with Gasteiger partial charge >= 0.3 is 5.97 Å². The number of unbranched alkanes of at least 4 members (excludes halogenated alkanes) is 4. The summed E-state index contributed by atoms with van der Waals surface area (Å²) in [6.07, 6.45) is 7.72. The minimum atomic E-state index is -0.181. The Morgan fingerprint density at radius 1 is 0.739 bits per heavy atom. The SMILES string of the molecule is CCCC(=O)NCCCCCC(=O)NCCCCCC(=O)OC. The van der Waals surface area contributed by atoms with E-state index in [0.29, 0.717) is 32.4 Å². The summed E-state index contributed by atoms with van der Waals surface area (Å²) in [6.45, 7) is 3.34. The van der Waals surface area contributed by atoms with E-state index in [1.54, 1.807) is 0 Å². The molecule has 0 aromatic carbocycles. The third kappa shape index (κ3) is 15.1. The lowest BCUT2D eigenvalue weighted by Gasteiger charge is -2.06. The standard InChI is InChI=1S/C17H32N2O4/c1-3-10-15(20)18-13-8-4-6-11-16(21)19-14-9-5-7-12-17(22)23-2/h3-14H2,1-2H3,(H,18,20)(H,19,21). The second-order valence-corrected chi connectivity index (χ2v) is 5.65. The third-order valence-corrected chi connectivity index (χ3v) is 3.49. The van der Waals surface area contributed by atoms with Gasteiger partial charge in [0, 0.05) is 32.4 Å². The zero-order chi connectivity index (χ0) is 17.3. The van der Waals surface area contributed by atoms with E-state index in [1.165, 1.54) is 7.11 Å². The van der Waals surface area contributed by atoms with Crippen molar-refractivity contribution in [2.45, 2.75) is 71.1 Å². The van der Waals surface area contributed by atoms with Gasteiger partial charge in [0.1, 0.15) is 0 Å². The van der Waals surface area contributed by atoms with E-state index in [2.05, 4.69) is 15.4 Å². The molecule has 0 aliphatic rings. The van der Waals surface area contributed by atoms with Gasteiger partial charge in [-0.05, 0) is 32.1 Å². The molecule has 0 spiro atoms. The number of esters is 1. The Kier molecular flexibility index (Phi) is 14.3. The predicted octanol–water partition coefficient (Wildman–Crippen LogP) is 2.31. The number of rotatable bonds is 14. The van der Waals surface area contributed by atoms with E-state index >= 15 is 0 Å². The first-order valence-electron chi connectivity index (χ1n) is 8.70. The second-order valence-electron chi connectivity index (χ2n) is 5.65. The van der Waals surface area contributed by atoms with Crippen LogP contribution >= 0.6 is 0 Å². The molecule has 2 N–H and O–H groups in total. The molecule has 0 radical (unpaired) electrons. The number of hydrogen-bond donors (Lipinski definition) is 2. The van der Waals surface area contributed by atoms with Crippen LogP contribution in [0.15, 0.2) is 0 Å². The average Bonchev–Trinajstić information content (AvgIpc) is 2.53. The number of amides is 2. The van der Waals surface area contributed by atoms with E-state index in [4.69, 9.17) is 0 Å². The Bertz CT molecular complexity index is 345. The summed E-state index contributed by atoms with van der Waals surface area (Å²) < 4.78 is 4.56. The lowest BCUT2D eigenvalue weighted by atomic mass is 10.1. The molecule has 0 aromatic heterocycles. The van der Waals surface area contributed by atoms with Gasteiger partial charge in [-0.2, -0.15) is 0 Å². The van der Waals surface area contributed by atoms with Gasteiger partial charge in [0.2, 0.25) is 11.8 Å². The highest BCUT2D eigenvalue weighted by Gasteiger charge is 2.02. The van der Waals surface area contributed by atoms with E-state index in [9.17, 15) is 14.4 Å². The molecule has 0 atom stereocenters. The molecule has 0 aliphatic carbocycles. The maximum atomic E-state index is 11.6. The molecule has 0 unspecified atom stereocenters. The quantitative estimate of drug-likeness (QED) is 0.378. The van der Waals surface area contributed by atoms with E-state index in [1.807, 2.05) is 6.92 Å². The van der Waals surface area contributed by atoms with Crippen LogP contribution in [0, 0.1) is 0 Å². The molecule has 0 aromatic rings. The Hall–Kier alpha value is -1.59. The predicted molar refractivity (Wildman–Crippen MR) is 89.9 cm³/mol. The van der Waals surface area contributed by atoms with Crippen molar-refractivity contribution in [2.75, 3.05) is 20.2 Å². The van der Waals surface area contributed by atoms with Crippen LogP contribution in [-0.2, 0) is 19.1 Å². The van der Waals surface area contributed by atoms with Crippen molar-refractivity contribution in [1.29, 1.82) is 0 Å². The van der Waals surface area contributed by atoms with Crippen LogP contribution in [0.4, 0.5) is 0 Å². The van der Waals surface area contributed by atoms with Crippen molar-refractivity contribution in [1.82, 2.24) is 10.6 Å². The van der Waals surface area contributed by atoms with Gasteiger partial charge in [-0.1, -0.05) is 19.8 Å². The Labute approximate surface area is 139 Å². The molecule has 0 bridgehead atoms. The molecular formula is C17H32N2O4. The number of ether oxygens (including phenoxy) is 1. The van der Waals surface area contributed by atoms with Gasteiger partial charge < -0.3 is 15.4 Å². The van der Waals surface area contributed by atoms with Gasteiger partial charge in [0.05, 0.1) is 7.11 Å². The average molecular weight is 328 g/mol.